The second kappa shape index (κ2) is 8.98. The molecule has 0 radical (unpaired) electrons. The molecule has 1 atom stereocenters. The molecule has 1 rings (SSSR count). The van der Waals surface area contributed by atoms with Crippen LogP contribution in [0.25, 0.3) is 0 Å². The van der Waals surface area contributed by atoms with Crippen LogP contribution >= 0.6 is 0 Å². The van der Waals surface area contributed by atoms with Gasteiger partial charge in [-0.3, -0.25) is 0 Å². The summed E-state index contributed by atoms with van der Waals surface area (Å²) in [5.74, 6) is 0.962. The monoisotopic (exact) mass is 249 g/mol. The quantitative estimate of drug-likeness (QED) is 0.719. The Hall–Kier alpha value is -1.02. The number of hydrogen-bond acceptors (Lipinski definition) is 2. The Balaban J connectivity index is 2.30. The van der Waals surface area contributed by atoms with E-state index in [4.69, 9.17) is 4.74 Å². The van der Waals surface area contributed by atoms with Gasteiger partial charge in [0.25, 0.3) is 0 Å². The molecule has 18 heavy (non-hydrogen) atoms. The molecular formula is C16H27NO. The van der Waals surface area contributed by atoms with Crippen molar-refractivity contribution >= 4 is 0 Å². The van der Waals surface area contributed by atoms with E-state index in [0.29, 0.717) is 6.04 Å². The lowest BCUT2D eigenvalue weighted by Crippen LogP contribution is -2.29. The van der Waals surface area contributed by atoms with Gasteiger partial charge in [0.1, 0.15) is 5.75 Å². The number of methoxy groups -OCH3 is 1. The van der Waals surface area contributed by atoms with Crippen LogP contribution in [0.2, 0.25) is 0 Å². The van der Waals surface area contributed by atoms with Gasteiger partial charge >= 0.3 is 0 Å². The van der Waals surface area contributed by atoms with Crippen LogP contribution in [0.5, 0.6) is 5.75 Å². The van der Waals surface area contributed by atoms with Crippen molar-refractivity contribution in [1.82, 2.24) is 5.32 Å². The molecule has 1 aromatic carbocycles. The zero-order chi connectivity index (χ0) is 13.2. The smallest absolute Gasteiger partial charge is 0.119 e. The summed E-state index contributed by atoms with van der Waals surface area (Å²) >= 11 is 0. The van der Waals surface area contributed by atoms with E-state index < -0.39 is 0 Å². The molecule has 102 valence electrons. The van der Waals surface area contributed by atoms with Crippen molar-refractivity contribution in [2.75, 3.05) is 13.7 Å². The standard InChI is InChI=1S/C16H27NO/c1-4-12-17-15(5-2)10-6-8-14-9-7-11-16(13-14)18-3/h7,9,11,13,15,17H,4-6,8,10,12H2,1-3H3. The Labute approximate surface area is 112 Å². The van der Waals surface area contributed by atoms with E-state index in [9.17, 15) is 0 Å². The number of ether oxygens (including phenoxy) is 1. The lowest BCUT2D eigenvalue weighted by atomic mass is 10.0. The minimum Gasteiger partial charge on any atom is -0.497 e. The summed E-state index contributed by atoms with van der Waals surface area (Å²) in [5.41, 5.74) is 1.37. The maximum Gasteiger partial charge on any atom is 0.119 e. The van der Waals surface area contributed by atoms with Crippen LogP contribution < -0.4 is 10.1 Å². The minimum absolute atomic E-state index is 0.676. The van der Waals surface area contributed by atoms with Gasteiger partial charge in [0.05, 0.1) is 7.11 Å². The minimum atomic E-state index is 0.676. The molecule has 0 aliphatic rings. The van der Waals surface area contributed by atoms with Gasteiger partial charge in [0.15, 0.2) is 0 Å². The summed E-state index contributed by atoms with van der Waals surface area (Å²) in [7, 11) is 1.72. The summed E-state index contributed by atoms with van der Waals surface area (Å²) in [6, 6.07) is 9.07. The van der Waals surface area contributed by atoms with Gasteiger partial charge in [-0.2, -0.15) is 0 Å². The molecule has 0 bridgehead atoms. The molecule has 2 nitrogen and oxygen atoms in total. The van der Waals surface area contributed by atoms with Crippen LogP contribution in [0.4, 0.5) is 0 Å². The van der Waals surface area contributed by atoms with Gasteiger partial charge in [-0.15, -0.1) is 0 Å². The van der Waals surface area contributed by atoms with Crippen LogP contribution in [-0.4, -0.2) is 19.7 Å². The molecule has 1 aromatic rings. The molecule has 0 saturated carbocycles. The maximum atomic E-state index is 5.24. The summed E-state index contributed by atoms with van der Waals surface area (Å²) < 4.78 is 5.24. The predicted octanol–water partition coefficient (Wildman–Crippen LogP) is 3.80. The second-order valence-corrected chi connectivity index (χ2v) is 4.80. The molecule has 0 aromatic heterocycles. The fourth-order valence-electron chi connectivity index (χ4n) is 2.18. The van der Waals surface area contributed by atoms with Crippen molar-refractivity contribution in [2.24, 2.45) is 0 Å². The molecule has 0 aliphatic carbocycles. The molecule has 0 saturated heterocycles. The second-order valence-electron chi connectivity index (χ2n) is 4.80. The van der Waals surface area contributed by atoms with Gasteiger partial charge in [0.2, 0.25) is 0 Å². The van der Waals surface area contributed by atoms with E-state index in [1.165, 1.54) is 31.2 Å². The third-order valence-electron chi connectivity index (χ3n) is 3.33. The van der Waals surface area contributed by atoms with Crippen LogP contribution in [0.1, 0.15) is 45.1 Å². The molecule has 0 fully saturated rings. The molecule has 0 aliphatic heterocycles. The lowest BCUT2D eigenvalue weighted by Gasteiger charge is -2.16. The van der Waals surface area contributed by atoms with E-state index in [2.05, 4.69) is 37.4 Å². The number of nitrogens with one attached hydrogen (secondary N) is 1. The first kappa shape index (κ1) is 15.0. The van der Waals surface area contributed by atoms with E-state index in [1.807, 2.05) is 6.07 Å². The highest BCUT2D eigenvalue weighted by atomic mass is 16.5. The van der Waals surface area contributed by atoms with Crippen LogP contribution in [0.15, 0.2) is 24.3 Å². The van der Waals surface area contributed by atoms with E-state index in [1.54, 1.807) is 7.11 Å². The van der Waals surface area contributed by atoms with Crippen LogP contribution in [-0.2, 0) is 6.42 Å². The lowest BCUT2D eigenvalue weighted by molar-refractivity contribution is 0.414. The molecule has 0 heterocycles. The molecule has 1 N–H and O–H groups in total. The van der Waals surface area contributed by atoms with Crippen molar-refractivity contribution in [1.29, 1.82) is 0 Å². The highest BCUT2D eigenvalue weighted by molar-refractivity contribution is 5.28. The summed E-state index contributed by atoms with van der Waals surface area (Å²) in [4.78, 5) is 0. The first-order valence-corrected chi connectivity index (χ1v) is 7.16. The molecule has 0 spiro atoms. The van der Waals surface area contributed by atoms with Gasteiger partial charge in [-0.05, 0) is 56.3 Å². The third kappa shape index (κ3) is 5.54. The Morgan fingerprint density at radius 1 is 1.28 bits per heavy atom. The largest absolute Gasteiger partial charge is 0.497 e. The van der Waals surface area contributed by atoms with Gasteiger partial charge in [-0.1, -0.05) is 26.0 Å². The number of benzene rings is 1. The summed E-state index contributed by atoms with van der Waals surface area (Å²) in [6.07, 6.45) is 6.07. The fraction of sp³-hybridized carbons (Fsp3) is 0.625. The highest BCUT2D eigenvalue weighted by Gasteiger charge is 2.04. The first-order chi connectivity index (χ1) is 8.80. The highest BCUT2D eigenvalue weighted by Crippen LogP contribution is 2.15. The molecule has 0 amide bonds. The maximum absolute atomic E-state index is 5.24. The van der Waals surface area contributed by atoms with E-state index >= 15 is 0 Å². The van der Waals surface area contributed by atoms with Crippen molar-refractivity contribution in [3.8, 4) is 5.75 Å². The average molecular weight is 249 g/mol. The Morgan fingerprint density at radius 2 is 2.11 bits per heavy atom. The summed E-state index contributed by atoms with van der Waals surface area (Å²) in [6.45, 7) is 5.62. The predicted molar refractivity (Wildman–Crippen MR) is 78.3 cm³/mol. The van der Waals surface area contributed by atoms with Crippen molar-refractivity contribution in [3.05, 3.63) is 29.8 Å². The average Bonchev–Trinajstić information content (AvgIpc) is 2.43. The Bertz CT molecular complexity index is 325. The normalized spacial score (nSPS) is 12.4. The number of aryl methyl sites for hydroxylation is 1. The number of rotatable bonds is 9. The topological polar surface area (TPSA) is 21.3 Å². The SMILES string of the molecule is CCCNC(CC)CCCc1cccc(OC)c1. The van der Waals surface area contributed by atoms with Gasteiger partial charge in [-0.25, -0.2) is 0 Å². The zero-order valence-corrected chi connectivity index (χ0v) is 12.0. The van der Waals surface area contributed by atoms with Crippen molar-refractivity contribution < 1.29 is 4.74 Å². The van der Waals surface area contributed by atoms with Crippen molar-refractivity contribution in [3.63, 3.8) is 0 Å². The first-order valence-electron chi connectivity index (χ1n) is 7.16. The Kier molecular flexibility index (Phi) is 7.51. The van der Waals surface area contributed by atoms with Gasteiger partial charge < -0.3 is 10.1 Å². The van der Waals surface area contributed by atoms with Crippen LogP contribution in [0.3, 0.4) is 0 Å². The van der Waals surface area contributed by atoms with E-state index in [-0.39, 0.29) is 0 Å². The Morgan fingerprint density at radius 3 is 2.78 bits per heavy atom. The molecular weight excluding hydrogens is 222 g/mol. The van der Waals surface area contributed by atoms with Crippen molar-refractivity contribution in [2.45, 2.75) is 52.0 Å². The zero-order valence-electron chi connectivity index (χ0n) is 12.0. The molecule has 2 heteroatoms. The number of hydrogen-bond donors (Lipinski definition) is 1. The third-order valence-corrected chi connectivity index (χ3v) is 3.33. The molecule has 1 unspecified atom stereocenters. The van der Waals surface area contributed by atoms with Gasteiger partial charge in [0, 0.05) is 6.04 Å². The van der Waals surface area contributed by atoms with Crippen LogP contribution in [0, 0.1) is 0 Å². The van der Waals surface area contributed by atoms with E-state index in [0.717, 1.165) is 18.7 Å². The fourth-order valence-corrected chi connectivity index (χ4v) is 2.18. The summed E-state index contributed by atoms with van der Waals surface area (Å²) in [5, 5.41) is 3.60.